The minimum atomic E-state index is 0.690. The molecule has 1 heteroatoms. The normalized spacial score (nSPS) is 19.0. The molecule has 1 aliphatic rings. The fourth-order valence-corrected chi connectivity index (χ4v) is 3.57. The Balaban J connectivity index is 1.96. The first-order valence-electron chi connectivity index (χ1n) is 8.68. The Morgan fingerprint density at radius 3 is 2.75 bits per heavy atom. The predicted molar refractivity (Wildman–Crippen MR) is 88.3 cm³/mol. The van der Waals surface area contributed by atoms with Crippen LogP contribution in [0.15, 0.2) is 24.3 Å². The Morgan fingerprint density at radius 2 is 1.95 bits per heavy atom. The molecule has 1 aromatic rings. The van der Waals surface area contributed by atoms with Crippen molar-refractivity contribution in [3.05, 3.63) is 35.4 Å². The smallest absolute Gasteiger partial charge is 0.0136 e. The summed E-state index contributed by atoms with van der Waals surface area (Å²) in [6.45, 7) is 5.72. The molecule has 0 radical (unpaired) electrons. The van der Waals surface area contributed by atoms with Crippen molar-refractivity contribution in [1.82, 2.24) is 5.32 Å². The lowest BCUT2D eigenvalue weighted by molar-refractivity contribution is 0.390. The van der Waals surface area contributed by atoms with Gasteiger partial charge in [-0.25, -0.2) is 0 Å². The van der Waals surface area contributed by atoms with E-state index >= 15 is 0 Å². The number of nitrogens with one attached hydrogen (secondary N) is 1. The molecule has 2 rings (SSSR count). The zero-order valence-corrected chi connectivity index (χ0v) is 13.3. The zero-order valence-electron chi connectivity index (χ0n) is 13.3. The molecule has 0 heterocycles. The SMILES string of the molecule is CCCCCCC(NCCC)C1CCc2ccccc21. The van der Waals surface area contributed by atoms with Gasteiger partial charge in [-0.1, -0.05) is 63.8 Å². The number of unbranched alkanes of at least 4 members (excludes halogenated alkanes) is 3. The summed E-state index contributed by atoms with van der Waals surface area (Å²) in [6.07, 6.45) is 10.7. The van der Waals surface area contributed by atoms with Crippen molar-refractivity contribution in [2.75, 3.05) is 6.54 Å². The molecule has 0 aliphatic heterocycles. The third-order valence-electron chi connectivity index (χ3n) is 4.69. The van der Waals surface area contributed by atoms with E-state index in [9.17, 15) is 0 Å². The first-order chi connectivity index (χ1) is 9.86. The third-order valence-corrected chi connectivity index (χ3v) is 4.69. The molecular formula is C19H31N. The summed E-state index contributed by atoms with van der Waals surface area (Å²) in [5.41, 5.74) is 3.21. The van der Waals surface area contributed by atoms with E-state index in [-0.39, 0.29) is 0 Å². The molecular weight excluding hydrogens is 242 g/mol. The topological polar surface area (TPSA) is 12.0 Å². The standard InChI is InChI=1S/C19H31N/c1-3-5-6-7-12-19(20-15-4-2)18-14-13-16-10-8-9-11-17(16)18/h8-11,18-20H,3-7,12-15H2,1-2H3. The second kappa shape index (κ2) is 8.46. The first kappa shape index (κ1) is 15.6. The third kappa shape index (κ3) is 4.09. The van der Waals surface area contributed by atoms with Crippen molar-refractivity contribution < 1.29 is 0 Å². The van der Waals surface area contributed by atoms with Crippen LogP contribution in [0, 0.1) is 0 Å². The Hall–Kier alpha value is -0.820. The van der Waals surface area contributed by atoms with Crippen LogP contribution in [-0.2, 0) is 6.42 Å². The quantitative estimate of drug-likeness (QED) is 0.620. The van der Waals surface area contributed by atoms with Crippen molar-refractivity contribution >= 4 is 0 Å². The van der Waals surface area contributed by atoms with Gasteiger partial charge in [-0.05, 0) is 49.3 Å². The van der Waals surface area contributed by atoms with Gasteiger partial charge in [-0.2, -0.15) is 0 Å². The Bertz CT molecular complexity index is 385. The molecule has 20 heavy (non-hydrogen) atoms. The van der Waals surface area contributed by atoms with E-state index in [0.29, 0.717) is 6.04 Å². The van der Waals surface area contributed by atoms with Gasteiger partial charge in [0.15, 0.2) is 0 Å². The van der Waals surface area contributed by atoms with Crippen LogP contribution in [0.5, 0.6) is 0 Å². The molecule has 1 aliphatic carbocycles. The minimum Gasteiger partial charge on any atom is -0.313 e. The van der Waals surface area contributed by atoms with Crippen molar-refractivity contribution in [2.24, 2.45) is 0 Å². The summed E-state index contributed by atoms with van der Waals surface area (Å²) in [4.78, 5) is 0. The molecule has 1 aromatic carbocycles. The van der Waals surface area contributed by atoms with Crippen LogP contribution >= 0.6 is 0 Å². The van der Waals surface area contributed by atoms with E-state index in [4.69, 9.17) is 0 Å². The van der Waals surface area contributed by atoms with Gasteiger partial charge in [0.05, 0.1) is 0 Å². The summed E-state index contributed by atoms with van der Waals surface area (Å²) in [5, 5.41) is 3.83. The Kier molecular flexibility index (Phi) is 6.59. The van der Waals surface area contributed by atoms with Crippen molar-refractivity contribution in [2.45, 2.75) is 77.2 Å². The van der Waals surface area contributed by atoms with Gasteiger partial charge in [0.25, 0.3) is 0 Å². The van der Waals surface area contributed by atoms with Gasteiger partial charge in [-0.3, -0.25) is 0 Å². The lowest BCUT2D eigenvalue weighted by atomic mass is 9.89. The van der Waals surface area contributed by atoms with E-state index in [1.807, 2.05) is 0 Å². The lowest BCUT2D eigenvalue weighted by Crippen LogP contribution is -2.34. The molecule has 0 bridgehead atoms. The lowest BCUT2D eigenvalue weighted by Gasteiger charge is -2.26. The molecule has 0 fully saturated rings. The van der Waals surface area contributed by atoms with Crippen LogP contribution in [0.1, 0.15) is 75.8 Å². The van der Waals surface area contributed by atoms with Gasteiger partial charge < -0.3 is 5.32 Å². The molecule has 0 saturated heterocycles. The van der Waals surface area contributed by atoms with Gasteiger partial charge >= 0.3 is 0 Å². The molecule has 0 spiro atoms. The molecule has 112 valence electrons. The molecule has 2 atom stereocenters. The number of hydrogen-bond donors (Lipinski definition) is 1. The summed E-state index contributed by atoms with van der Waals surface area (Å²) in [7, 11) is 0. The van der Waals surface area contributed by atoms with Crippen LogP contribution in [0.25, 0.3) is 0 Å². The number of benzene rings is 1. The van der Waals surface area contributed by atoms with E-state index < -0.39 is 0 Å². The van der Waals surface area contributed by atoms with Gasteiger partial charge in [0.1, 0.15) is 0 Å². The fourth-order valence-electron chi connectivity index (χ4n) is 3.57. The number of fused-ring (bicyclic) bond motifs is 1. The summed E-state index contributed by atoms with van der Waals surface area (Å²) < 4.78 is 0. The van der Waals surface area contributed by atoms with Crippen molar-refractivity contribution in [3.8, 4) is 0 Å². The number of aryl methyl sites for hydroxylation is 1. The second-order valence-electron chi connectivity index (χ2n) is 6.25. The van der Waals surface area contributed by atoms with Crippen LogP contribution in [0.2, 0.25) is 0 Å². The highest BCUT2D eigenvalue weighted by atomic mass is 14.9. The molecule has 0 amide bonds. The van der Waals surface area contributed by atoms with Gasteiger partial charge in [0, 0.05) is 6.04 Å². The van der Waals surface area contributed by atoms with Crippen LogP contribution in [-0.4, -0.2) is 12.6 Å². The van der Waals surface area contributed by atoms with E-state index in [1.165, 1.54) is 51.4 Å². The maximum absolute atomic E-state index is 3.83. The number of rotatable bonds is 9. The van der Waals surface area contributed by atoms with Gasteiger partial charge in [0.2, 0.25) is 0 Å². The molecule has 0 aromatic heterocycles. The summed E-state index contributed by atoms with van der Waals surface area (Å²) in [6, 6.07) is 9.78. The highest BCUT2D eigenvalue weighted by Crippen LogP contribution is 2.36. The summed E-state index contributed by atoms with van der Waals surface area (Å²) >= 11 is 0. The molecule has 2 unspecified atom stereocenters. The summed E-state index contributed by atoms with van der Waals surface area (Å²) in [5.74, 6) is 0.749. The average molecular weight is 273 g/mol. The Labute approximate surface area is 125 Å². The van der Waals surface area contributed by atoms with Crippen molar-refractivity contribution in [1.29, 1.82) is 0 Å². The van der Waals surface area contributed by atoms with Crippen LogP contribution in [0.4, 0.5) is 0 Å². The van der Waals surface area contributed by atoms with Crippen LogP contribution < -0.4 is 5.32 Å². The van der Waals surface area contributed by atoms with E-state index in [0.717, 1.165) is 12.5 Å². The second-order valence-corrected chi connectivity index (χ2v) is 6.25. The largest absolute Gasteiger partial charge is 0.313 e. The fraction of sp³-hybridized carbons (Fsp3) is 0.684. The van der Waals surface area contributed by atoms with E-state index in [1.54, 1.807) is 11.1 Å². The minimum absolute atomic E-state index is 0.690. The van der Waals surface area contributed by atoms with Crippen LogP contribution in [0.3, 0.4) is 0 Å². The molecule has 1 nitrogen and oxygen atoms in total. The number of hydrogen-bond acceptors (Lipinski definition) is 1. The first-order valence-corrected chi connectivity index (χ1v) is 8.68. The zero-order chi connectivity index (χ0) is 14.2. The average Bonchev–Trinajstić information content (AvgIpc) is 2.91. The maximum atomic E-state index is 3.83. The highest BCUT2D eigenvalue weighted by molar-refractivity contribution is 5.36. The molecule has 1 N–H and O–H groups in total. The monoisotopic (exact) mass is 273 g/mol. The van der Waals surface area contributed by atoms with E-state index in [2.05, 4.69) is 43.4 Å². The maximum Gasteiger partial charge on any atom is 0.0136 e. The molecule has 0 saturated carbocycles. The van der Waals surface area contributed by atoms with Crippen molar-refractivity contribution in [3.63, 3.8) is 0 Å². The van der Waals surface area contributed by atoms with Gasteiger partial charge in [-0.15, -0.1) is 0 Å². The Morgan fingerprint density at radius 1 is 1.10 bits per heavy atom. The predicted octanol–water partition coefficient (Wildman–Crippen LogP) is 5.06. The highest BCUT2D eigenvalue weighted by Gasteiger charge is 2.28.